The largest absolute Gasteiger partial charge is 0.303 e. The van der Waals surface area contributed by atoms with Crippen LogP contribution in [0.5, 0.6) is 0 Å². The molecule has 624 valence electrons. The van der Waals surface area contributed by atoms with Gasteiger partial charge in [-0.2, -0.15) is 0 Å². The Balaban J connectivity index is 0.000000129. The van der Waals surface area contributed by atoms with Crippen LogP contribution in [0.25, 0.3) is 0 Å². The van der Waals surface area contributed by atoms with Crippen LogP contribution >= 0.6 is 0 Å². The minimum absolute atomic E-state index is 0.892. The van der Waals surface area contributed by atoms with Gasteiger partial charge in [0.05, 0.1) is 0 Å². The Morgan fingerprint density at radius 1 is 0.178 bits per heavy atom. The molecule has 23 atom stereocenters. The number of hydrogen-bond acceptors (Lipinski definition) is 8. The Morgan fingerprint density at radius 3 is 0.738 bits per heavy atom. The molecule has 20 rings (SSSR count). The minimum Gasteiger partial charge on any atom is -0.303 e. The van der Waals surface area contributed by atoms with Gasteiger partial charge >= 0.3 is 0 Å². The molecule has 20 fully saturated rings. The molecule has 8 nitrogen and oxygen atoms in total. The molecule has 18 aliphatic heterocycles. The third kappa shape index (κ3) is 30.6. The lowest BCUT2D eigenvalue weighted by atomic mass is 9.75. The predicted octanol–water partition coefficient (Wildman–Crippen LogP) is 22.5. The van der Waals surface area contributed by atoms with E-state index in [0.717, 1.165) is 166 Å². The van der Waals surface area contributed by atoms with E-state index in [9.17, 15) is 0 Å². The Bertz CT molecular complexity index is 2120. The summed E-state index contributed by atoms with van der Waals surface area (Å²) in [4.78, 5) is 21.3. The van der Waals surface area contributed by atoms with E-state index in [1.807, 2.05) is 0 Å². The van der Waals surface area contributed by atoms with Crippen LogP contribution in [0.15, 0.2) is 0 Å². The van der Waals surface area contributed by atoms with Gasteiger partial charge in [-0.25, -0.2) is 0 Å². The van der Waals surface area contributed by atoms with Crippen molar-refractivity contribution in [3.05, 3.63) is 0 Å². The summed E-state index contributed by atoms with van der Waals surface area (Å²) >= 11 is 0. The van der Waals surface area contributed by atoms with Crippen molar-refractivity contribution in [3.8, 4) is 0 Å². The fourth-order valence-electron chi connectivity index (χ4n) is 27.2. The second-order valence-electron chi connectivity index (χ2n) is 45.8. The standard InChI is InChI=1S/C12H23N.C12H22.5C11H21N.2C10H19N/c1-10(2)7-12-8-11-3-5-13(9-12)6-4-11;1-9(2)5-12-7-10-3-4-11(6-10)8-12;1-9(2)7-11-8-12-5-3-10(11)4-6-12;2*1-9(2)5-11-6-10-3-4-12(7-10)8-11;2*1-9(2)6-11-8-12-5-3-4-10(11)7-12;2*1-8(2)5-10-7-11-4-3-9(10)6-11/h10-12H,3-9H2,1-2H3;9-12H,3-8H2,1-2H3;5*9-11H,3-8H2,1-2H3;2*8-10H,3-7H2,1-2H3/t;10-,11?,12?;;10-,11+;10-,11-;10-,11+;10-,11-;9-,10+;9-,10-/m.1.110000/s1. The highest BCUT2D eigenvalue weighted by molar-refractivity contribution is 4.95. The molecule has 0 N–H and O–H groups in total. The van der Waals surface area contributed by atoms with Gasteiger partial charge in [0.2, 0.25) is 0 Å². The van der Waals surface area contributed by atoms with E-state index in [1.165, 1.54) is 311 Å². The average molecular weight is 1490 g/mol. The zero-order valence-electron chi connectivity index (χ0n) is 75.2. The second-order valence-corrected chi connectivity index (χ2v) is 45.8. The van der Waals surface area contributed by atoms with Gasteiger partial charge in [0.25, 0.3) is 0 Å². The van der Waals surface area contributed by atoms with Crippen LogP contribution in [0.1, 0.15) is 311 Å². The molecule has 2 aliphatic carbocycles. The molecule has 0 amide bonds. The SMILES string of the molecule is CC(C)CC1CC2CCN(CC2)C1.CC(C)CC1CC2CC[C@H](C2)C1.CC(C)CC1CN2CCC1CC2.CC(C)C[C@@H]1CN2CCC[C@H]1C2.CC(C)C[C@@H]1CN2CC[C@H]1C2.CC(C)C[C@@H]1C[C@H]2CCN(C2)C1.CC(C)C[C@H]1CN2CCC[C@H]1C2.CC(C)C[C@H]1CN2CC[C@H]1C2.CC(C)C[C@H]1C[C@H]2CCN(C2)C1. The number of rotatable bonds is 18. The maximum absolute atomic E-state index is 2.69. The molecule has 0 aromatic carbocycles. The first-order valence-corrected chi connectivity index (χ1v) is 49.0. The van der Waals surface area contributed by atoms with Crippen LogP contribution in [0.2, 0.25) is 0 Å². The summed E-state index contributed by atoms with van der Waals surface area (Å²) in [5.74, 6) is 28.2. The Labute approximate surface area is 669 Å². The normalized spacial score (nSPS) is 40.9. The van der Waals surface area contributed by atoms with E-state index in [0.29, 0.717) is 0 Å². The summed E-state index contributed by atoms with van der Waals surface area (Å²) in [6.45, 7) is 76.0. The van der Waals surface area contributed by atoms with Crippen molar-refractivity contribution in [2.45, 2.75) is 311 Å². The monoisotopic (exact) mass is 1490 g/mol. The third-order valence-electron chi connectivity index (χ3n) is 31.2. The van der Waals surface area contributed by atoms with Crippen molar-refractivity contribution < 1.29 is 0 Å². The van der Waals surface area contributed by atoms with E-state index >= 15 is 0 Å². The van der Waals surface area contributed by atoms with Gasteiger partial charge < -0.3 is 39.2 Å². The van der Waals surface area contributed by atoms with E-state index < -0.39 is 0 Å². The van der Waals surface area contributed by atoms with Gasteiger partial charge in [-0.15, -0.1) is 0 Å². The first-order valence-electron chi connectivity index (χ1n) is 49.0. The molecule has 18 bridgehead atoms. The van der Waals surface area contributed by atoms with Gasteiger partial charge in [-0.3, -0.25) is 0 Å². The van der Waals surface area contributed by atoms with Gasteiger partial charge in [-0.05, 0) is 405 Å². The molecule has 0 radical (unpaired) electrons. The van der Waals surface area contributed by atoms with Crippen LogP contribution in [-0.4, -0.2) is 196 Å². The molecule has 0 aromatic heterocycles. The summed E-state index contributed by atoms with van der Waals surface area (Å²) < 4.78 is 0. The van der Waals surface area contributed by atoms with Crippen LogP contribution in [0.3, 0.4) is 0 Å². The summed E-state index contributed by atoms with van der Waals surface area (Å²) in [5, 5.41) is 0. The number of piperidine rings is 10. The van der Waals surface area contributed by atoms with Gasteiger partial charge in [0, 0.05) is 91.6 Å². The minimum atomic E-state index is 0.892. The van der Waals surface area contributed by atoms with Crippen LogP contribution in [0.4, 0.5) is 0 Å². The van der Waals surface area contributed by atoms with Crippen LogP contribution < -0.4 is 0 Å². The molecular weight excluding hydrogens is 1300 g/mol. The molecule has 0 aromatic rings. The summed E-state index contributed by atoms with van der Waals surface area (Å²) in [6, 6.07) is 0. The summed E-state index contributed by atoms with van der Waals surface area (Å²) in [7, 11) is 0. The number of nitrogens with zero attached hydrogens (tertiary/aromatic N) is 8. The van der Waals surface area contributed by atoms with Crippen molar-refractivity contribution in [2.24, 2.45) is 166 Å². The highest BCUT2D eigenvalue weighted by Crippen LogP contribution is 2.47. The first-order chi connectivity index (χ1) is 51.2. The van der Waals surface area contributed by atoms with Crippen molar-refractivity contribution in [1.82, 2.24) is 39.2 Å². The lowest BCUT2D eigenvalue weighted by Crippen LogP contribution is -2.47. The quantitative estimate of drug-likeness (QED) is 0.134. The highest BCUT2D eigenvalue weighted by Gasteiger charge is 2.42. The maximum atomic E-state index is 2.69. The fraction of sp³-hybridized carbons (Fsp3) is 1.00. The lowest BCUT2D eigenvalue weighted by Gasteiger charge is -2.45. The van der Waals surface area contributed by atoms with Crippen LogP contribution in [0, 0.1) is 166 Å². The molecule has 20 aliphatic rings. The molecular formula is C99H188N8. The van der Waals surface area contributed by atoms with Crippen molar-refractivity contribution in [1.29, 1.82) is 0 Å². The average Bonchev–Trinajstić information content (AvgIpc) is 1.75. The third-order valence-corrected chi connectivity index (χ3v) is 31.2. The smallest absolute Gasteiger partial charge is 0.00134 e. The second kappa shape index (κ2) is 44.9. The molecule has 10 unspecified atom stereocenters. The fourth-order valence-corrected chi connectivity index (χ4v) is 27.2. The zero-order chi connectivity index (χ0) is 76.3. The maximum Gasteiger partial charge on any atom is 0.00134 e. The molecule has 18 saturated heterocycles. The Hall–Kier alpha value is -0.320. The highest BCUT2D eigenvalue weighted by atomic mass is 15.2. The summed E-state index contributed by atoms with van der Waals surface area (Å²) in [5.41, 5.74) is 0. The molecule has 8 heteroatoms. The van der Waals surface area contributed by atoms with E-state index in [-0.39, 0.29) is 0 Å². The molecule has 107 heavy (non-hydrogen) atoms. The summed E-state index contributed by atoms with van der Waals surface area (Å²) in [6.07, 6.45) is 43.3. The molecule has 2 saturated carbocycles. The molecule has 0 spiro atoms. The Morgan fingerprint density at radius 2 is 0.421 bits per heavy atom. The number of hydrogen-bond donors (Lipinski definition) is 0. The zero-order valence-corrected chi connectivity index (χ0v) is 75.2. The molecule has 18 heterocycles. The number of fused-ring (bicyclic) bond motifs is 21. The van der Waals surface area contributed by atoms with E-state index in [4.69, 9.17) is 0 Å². The van der Waals surface area contributed by atoms with Gasteiger partial charge in [-0.1, -0.05) is 137 Å². The van der Waals surface area contributed by atoms with Crippen molar-refractivity contribution in [2.75, 3.05) is 157 Å². The van der Waals surface area contributed by atoms with Gasteiger partial charge in [0.15, 0.2) is 0 Å². The first kappa shape index (κ1) is 89.0. The van der Waals surface area contributed by atoms with Gasteiger partial charge in [0.1, 0.15) is 0 Å². The van der Waals surface area contributed by atoms with E-state index in [1.54, 1.807) is 32.1 Å². The van der Waals surface area contributed by atoms with Crippen molar-refractivity contribution in [3.63, 3.8) is 0 Å². The Kier molecular flexibility index (Phi) is 37.3. The predicted molar refractivity (Wildman–Crippen MR) is 465 cm³/mol. The van der Waals surface area contributed by atoms with Crippen molar-refractivity contribution >= 4 is 0 Å². The lowest BCUT2D eigenvalue weighted by molar-refractivity contribution is 0.0406. The topological polar surface area (TPSA) is 25.9 Å². The van der Waals surface area contributed by atoms with E-state index in [2.05, 4.69) is 164 Å². The van der Waals surface area contributed by atoms with Crippen LogP contribution in [-0.2, 0) is 0 Å².